The van der Waals surface area contributed by atoms with Crippen LogP contribution in [0.3, 0.4) is 0 Å². The van der Waals surface area contributed by atoms with Crippen LogP contribution in [-0.4, -0.2) is 24.3 Å². The number of rotatable bonds is 2. The smallest absolute Gasteiger partial charge is 0.336 e. The second-order valence-corrected chi connectivity index (χ2v) is 5.36. The Hall–Kier alpha value is -1.90. The molecule has 3 heteroatoms. The number of ether oxygens (including phenoxy) is 1. The van der Waals surface area contributed by atoms with Gasteiger partial charge in [-0.15, -0.1) is 0 Å². The third kappa shape index (κ3) is 2.33. The Balaban J connectivity index is 2.64. The molecule has 1 aliphatic heterocycles. The summed E-state index contributed by atoms with van der Waals surface area (Å²) in [5.74, 6) is -0.304. The Morgan fingerprint density at radius 3 is 2.26 bits per heavy atom. The lowest BCUT2D eigenvalue weighted by atomic mass is 9.89. The monoisotopic (exact) mass is 257 g/mol. The number of aliphatic imine (C=N–C) groups is 1. The van der Waals surface area contributed by atoms with Crippen molar-refractivity contribution in [1.29, 1.82) is 0 Å². The van der Waals surface area contributed by atoms with Gasteiger partial charge >= 0.3 is 5.97 Å². The molecule has 0 fully saturated rings. The number of methoxy groups -OCH3 is 1. The number of carbonyl (C=O) groups is 1. The summed E-state index contributed by atoms with van der Waals surface area (Å²) in [6.07, 6.45) is 0. The first-order valence-electron chi connectivity index (χ1n) is 6.34. The molecule has 100 valence electrons. The molecular formula is C16H19NO2. The van der Waals surface area contributed by atoms with E-state index in [1.165, 1.54) is 12.7 Å². The van der Waals surface area contributed by atoms with Crippen LogP contribution in [0.4, 0.5) is 0 Å². The summed E-state index contributed by atoms with van der Waals surface area (Å²) >= 11 is 0. The summed E-state index contributed by atoms with van der Waals surface area (Å²) in [7, 11) is 1.41. The van der Waals surface area contributed by atoms with Crippen LogP contribution in [0.25, 0.3) is 5.57 Å². The maximum Gasteiger partial charge on any atom is 0.336 e. The summed E-state index contributed by atoms with van der Waals surface area (Å²) in [4.78, 5) is 16.7. The molecule has 19 heavy (non-hydrogen) atoms. The van der Waals surface area contributed by atoms with E-state index in [-0.39, 0.29) is 5.97 Å². The molecular weight excluding hydrogens is 238 g/mol. The highest BCUT2D eigenvalue weighted by atomic mass is 16.5. The number of benzene rings is 1. The van der Waals surface area contributed by atoms with Gasteiger partial charge in [-0.25, -0.2) is 4.79 Å². The van der Waals surface area contributed by atoms with Gasteiger partial charge in [0.25, 0.3) is 0 Å². The average Bonchev–Trinajstić information content (AvgIpc) is 2.59. The third-order valence-electron chi connectivity index (χ3n) is 3.40. The van der Waals surface area contributed by atoms with Crippen molar-refractivity contribution in [1.82, 2.24) is 0 Å². The lowest BCUT2D eigenvalue weighted by Crippen LogP contribution is -2.24. The summed E-state index contributed by atoms with van der Waals surface area (Å²) < 4.78 is 4.92. The highest BCUT2D eigenvalue weighted by Crippen LogP contribution is 2.37. The second-order valence-electron chi connectivity index (χ2n) is 5.36. The van der Waals surface area contributed by atoms with Crippen LogP contribution < -0.4 is 0 Å². The van der Waals surface area contributed by atoms with E-state index in [1.54, 1.807) is 0 Å². The summed E-state index contributed by atoms with van der Waals surface area (Å²) in [6.45, 7) is 7.85. The van der Waals surface area contributed by atoms with E-state index >= 15 is 0 Å². The molecule has 1 aromatic rings. The number of aryl methyl sites for hydroxylation is 1. The molecule has 1 aliphatic rings. The Kier molecular flexibility index (Phi) is 3.31. The molecule has 0 aromatic heterocycles. The maximum atomic E-state index is 12.1. The molecule has 0 amide bonds. The molecule has 0 unspecified atom stereocenters. The summed E-state index contributed by atoms with van der Waals surface area (Å²) in [5, 5.41) is 0. The normalized spacial score (nSPS) is 17.4. The van der Waals surface area contributed by atoms with Crippen molar-refractivity contribution < 1.29 is 9.53 Å². The van der Waals surface area contributed by atoms with Gasteiger partial charge in [-0.1, -0.05) is 29.8 Å². The first-order valence-corrected chi connectivity index (χ1v) is 6.34. The Bertz CT molecular complexity index is 577. The van der Waals surface area contributed by atoms with Gasteiger partial charge in [0.05, 0.1) is 18.2 Å². The highest BCUT2D eigenvalue weighted by Gasteiger charge is 2.38. The van der Waals surface area contributed by atoms with Crippen LogP contribution in [0.2, 0.25) is 0 Å². The zero-order chi connectivity index (χ0) is 14.2. The van der Waals surface area contributed by atoms with Gasteiger partial charge in [-0.05, 0) is 33.3 Å². The van der Waals surface area contributed by atoms with Crippen molar-refractivity contribution in [3.05, 3.63) is 41.0 Å². The zero-order valence-electron chi connectivity index (χ0n) is 12.1. The Morgan fingerprint density at radius 2 is 1.74 bits per heavy atom. The van der Waals surface area contributed by atoms with Crippen molar-refractivity contribution in [2.75, 3.05) is 7.11 Å². The van der Waals surface area contributed by atoms with Crippen molar-refractivity contribution in [3.8, 4) is 0 Å². The molecule has 0 spiro atoms. The molecule has 3 nitrogen and oxygen atoms in total. The fourth-order valence-electron chi connectivity index (χ4n) is 2.55. The van der Waals surface area contributed by atoms with Crippen LogP contribution in [0.1, 0.15) is 31.9 Å². The van der Waals surface area contributed by atoms with E-state index in [0.717, 1.165) is 16.8 Å². The largest absolute Gasteiger partial charge is 0.466 e. The minimum Gasteiger partial charge on any atom is -0.466 e. The fourth-order valence-corrected chi connectivity index (χ4v) is 2.55. The molecule has 0 saturated heterocycles. The molecule has 0 bridgehead atoms. The van der Waals surface area contributed by atoms with Crippen molar-refractivity contribution in [2.24, 2.45) is 4.99 Å². The third-order valence-corrected chi connectivity index (χ3v) is 3.40. The second kappa shape index (κ2) is 4.65. The minimum absolute atomic E-state index is 0.304. The maximum absolute atomic E-state index is 12.1. The Labute approximate surface area is 114 Å². The fraction of sp³-hybridized carbons (Fsp3) is 0.375. The lowest BCUT2D eigenvalue weighted by Gasteiger charge is -2.18. The van der Waals surface area contributed by atoms with E-state index in [2.05, 4.69) is 4.99 Å². The van der Waals surface area contributed by atoms with E-state index in [9.17, 15) is 4.79 Å². The average molecular weight is 257 g/mol. The molecule has 0 saturated carbocycles. The van der Waals surface area contributed by atoms with Gasteiger partial charge in [0, 0.05) is 11.3 Å². The lowest BCUT2D eigenvalue weighted by molar-refractivity contribution is -0.136. The molecule has 0 atom stereocenters. The minimum atomic E-state index is -0.530. The van der Waals surface area contributed by atoms with E-state index in [1.807, 2.05) is 52.0 Å². The SMILES string of the molecule is COC(=O)C1=C(c2ccc(C)cc2)C(C)=NC1(C)C. The van der Waals surface area contributed by atoms with Crippen LogP contribution >= 0.6 is 0 Å². The molecule has 0 radical (unpaired) electrons. The van der Waals surface area contributed by atoms with Crippen LogP contribution in [0.5, 0.6) is 0 Å². The van der Waals surface area contributed by atoms with Crippen molar-refractivity contribution in [2.45, 2.75) is 33.2 Å². The Morgan fingerprint density at radius 1 is 1.16 bits per heavy atom. The summed E-state index contributed by atoms with van der Waals surface area (Å²) in [5.41, 5.74) is 4.09. The zero-order valence-corrected chi connectivity index (χ0v) is 12.1. The van der Waals surface area contributed by atoms with Crippen molar-refractivity contribution >= 4 is 17.3 Å². The van der Waals surface area contributed by atoms with E-state index < -0.39 is 5.54 Å². The molecule has 1 aromatic carbocycles. The van der Waals surface area contributed by atoms with Gasteiger partial charge < -0.3 is 4.74 Å². The van der Waals surface area contributed by atoms with Crippen LogP contribution in [0.15, 0.2) is 34.8 Å². The topological polar surface area (TPSA) is 38.7 Å². The number of hydrogen-bond acceptors (Lipinski definition) is 3. The predicted molar refractivity (Wildman–Crippen MR) is 77.3 cm³/mol. The number of carbonyl (C=O) groups excluding carboxylic acids is 1. The molecule has 0 N–H and O–H groups in total. The number of nitrogens with zero attached hydrogens (tertiary/aromatic N) is 1. The van der Waals surface area contributed by atoms with Gasteiger partial charge in [0.15, 0.2) is 0 Å². The van der Waals surface area contributed by atoms with Gasteiger partial charge in [0.1, 0.15) is 0 Å². The molecule has 2 rings (SSSR count). The first kappa shape index (κ1) is 13.5. The predicted octanol–water partition coefficient (Wildman–Crippen LogP) is 3.17. The van der Waals surface area contributed by atoms with Gasteiger partial charge in [0.2, 0.25) is 0 Å². The quantitative estimate of drug-likeness (QED) is 0.763. The van der Waals surface area contributed by atoms with Crippen LogP contribution in [-0.2, 0) is 9.53 Å². The van der Waals surface area contributed by atoms with Gasteiger partial charge in [-0.2, -0.15) is 0 Å². The summed E-state index contributed by atoms with van der Waals surface area (Å²) in [6, 6.07) is 8.12. The number of esters is 1. The number of hydrogen-bond donors (Lipinski definition) is 0. The number of allylic oxidation sites excluding steroid dienone is 1. The van der Waals surface area contributed by atoms with Crippen LogP contribution in [0, 0.1) is 6.92 Å². The van der Waals surface area contributed by atoms with E-state index in [4.69, 9.17) is 4.74 Å². The van der Waals surface area contributed by atoms with Crippen molar-refractivity contribution in [3.63, 3.8) is 0 Å². The first-order chi connectivity index (χ1) is 8.86. The van der Waals surface area contributed by atoms with Gasteiger partial charge in [-0.3, -0.25) is 4.99 Å². The molecule has 0 aliphatic carbocycles. The molecule has 1 heterocycles. The standard InChI is InChI=1S/C16H19NO2/c1-10-6-8-12(9-7-10)13-11(2)17-16(3,4)14(13)15(18)19-5/h6-9H,1-5H3. The van der Waals surface area contributed by atoms with E-state index in [0.29, 0.717) is 5.57 Å². The highest BCUT2D eigenvalue weighted by molar-refractivity contribution is 6.30.